The lowest BCUT2D eigenvalue weighted by Gasteiger charge is -2.23. The number of rotatable bonds is 2. The highest BCUT2D eigenvalue weighted by Crippen LogP contribution is 2.20. The van der Waals surface area contributed by atoms with Crippen LogP contribution in [0.3, 0.4) is 0 Å². The minimum absolute atomic E-state index is 0.642. The molecule has 70 valence electrons. The summed E-state index contributed by atoms with van der Waals surface area (Å²) >= 11 is 2.04. The fourth-order valence-electron chi connectivity index (χ4n) is 1.54. The van der Waals surface area contributed by atoms with Crippen molar-refractivity contribution >= 4 is 17.4 Å². The van der Waals surface area contributed by atoms with Crippen molar-refractivity contribution in [1.29, 1.82) is 0 Å². The number of nitrogens with one attached hydrogen (secondary N) is 1. The minimum atomic E-state index is 0.642. The van der Waals surface area contributed by atoms with Crippen molar-refractivity contribution in [3.8, 4) is 0 Å². The van der Waals surface area contributed by atoms with Crippen LogP contribution in [0.2, 0.25) is 0 Å². The van der Waals surface area contributed by atoms with Crippen molar-refractivity contribution < 1.29 is 0 Å². The highest BCUT2D eigenvalue weighted by molar-refractivity contribution is 7.99. The second kappa shape index (κ2) is 4.51. The largest absolute Gasteiger partial charge is 0.380 e. The molecule has 1 unspecified atom stereocenters. The van der Waals surface area contributed by atoms with Gasteiger partial charge in [0.1, 0.15) is 0 Å². The van der Waals surface area contributed by atoms with E-state index in [1.165, 1.54) is 24.3 Å². The van der Waals surface area contributed by atoms with Gasteiger partial charge in [-0.25, -0.2) is 0 Å². The highest BCUT2D eigenvalue weighted by Gasteiger charge is 2.12. The summed E-state index contributed by atoms with van der Waals surface area (Å²) < 4.78 is 0. The number of aromatic nitrogens is 1. The molecule has 1 saturated heterocycles. The van der Waals surface area contributed by atoms with Crippen molar-refractivity contribution in [3.05, 3.63) is 24.5 Å². The highest BCUT2D eigenvalue weighted by atomic mass is 32.2. The van der Waals surface area contributed by atoms with E-state index in [0.29, 0.717) is 6.04 Å². The van der Waals surface area contributed by atoms with Gasteiger partial charge in [0.15, 0.2) is 0 Å². The summed E-state index contributed by atoms with van der Waals surface area (Å²) in [7, 11) is 0. The second-order valence-electron chi connectivity index (χ2n) is 3.30. The van der Waals surface area contributed by atoms with Gasteiger partial charge < -0.3 is 5.32 Å². The van der Waals surface area contributed by atoms with Crippen molar-refractivity contribution in [2.45, 2.75) is 18.9 Å². The van der Waals surface area contributed by atoms with E-state index in [1.807, 2.05) is 24.0 Å². The zero-order valence-corrected chi connectivity index (χ0v) is 8.39. The van der Waals surface area contributed by atoms with Crippen LogP contribution in [-0.2, 0) is 0 Å². The normalized spacial score (nSPS) is 22.6. The van der Waals surface area contributed by atoms with E-state index in [9.17, 15) is 0 Å². The maximum absolute atomic E-state index is 4.08. The molecule has 2 rings (SSSR count). The lowest BCUT2D eigenvalue weighted by molar-refractivity contribution is 0.685. The summed E-state index contributed by atoms with van der Waals surface area (Å²) in [5, 5.41) is 3.50. The van der Waals surface area contributed by atoms with E-state index in [-0.39, 0.29) is 0 Å². The zero-order chi connectivity index (χ0) is 8.93. The molecule has 1 N–H and O–H groups in total. The minimum Gasteiger partial charge on any atom is -0.380 e. The summed E-state index contributed by atoms with van der Waals surface area (Å²) in [6, 6.07) is 4.69. The quantitative estimate of drug-likeness (QED) is 0.782. The Morgan fingerprint density at radius 1 is 1.54 bits per heavy atom. The fourth-order valence-corrected chi connectivity index (χ4v) is 2.61. The number of hydrogen-bond acceptors (Lipinski definition) is 3. The van der Waals surface area contributed by atoms with Crippen LogP contribution in [0, 0.1) is 0 Å². The molecule has 0 aromatic carbocycles. The molecule has 2 nitrogen and oxygen atoms in total. The summed E-state index contributed by atoms with van der Waals surface area (Å²) in [6.45, 7) is 0. The molecule has 1 atom stereocenters. The summed E-state index contributed by atoms with van der Waals surface area (Å²) in [4.78, 5) is 4.08. The van der Waals surface area contributed by atoms with Gasteiger partial charge in [0.05, 0.1) is 5.69 Å². The van der Waals surface area contributed by atoms with Crippen molar-refractivity contribution in [2.24, 2.45) is 0 Å². The first-order valence-electron chi connectivity index (χ1n) is 4.69. The summed E-state index contributed by atoms with van der Waals surface area (Å²) in [6.07, 6.45) is 6.32. The summed E-state index contributed by atoms with van der Waals surface area (Å²) in [5.74, 6) is 2.56. The standard InChI is InChI=1S/C10H14N2S/c1-3-9(7-11-5-1)12-10-4-2-6-13-8-10/h1,3,5,7,10,12H,2,4,6,8H2. The van der Waals surface area contributed by atoms with Crippen molar-refractivity contribution in [3.63, 3.8) is 0 Å². The van der Waals surface area contributed by atoms with Crippen LogP contribution in [0.1, 0.15) is 12.8 Å². The maximum atomic E-state index is 4.08. The van der Waals surface area contributed by atoms with Gasteiger partial charge in [0.25, 0.3) is 0 Å². The Morgan fingerprint density at radius 3 is 3.23 bits per heavy atom. The van der Waals surface area contributed by atoms with Gasteiger partial charge in [0.2, 0.25) is 0 Å². The third-order valence-electron chi connectivity index (χ3n) is 2.19. The fraction of sp³-hybridized carbons (Fsp3) is 0.500. The zero-order valence-electron chi connectivity index (χ0n) is 7.57. The molecule has 1 aromatic rings. The predicted octanol–water partition coefficient (Wildman–Crippen LogP) is 2.39. The first-order valence-corrected chi connectivity index (χ1v) is 5.85. The number of thioether (sulfide) groups is 1. The van der Waals surface area contributed by atoms with Gasteiger partial charge >= 0.3 is 0 Å². The van der Waals surface area contributed by atoms with Gasteiger partial charge in [-0.1, -0.05) is 0 Å². The molecule has 0 radical (unpaired) electrons. The van der Waals surface area contributed by atoms with E-state index in [2.05, 4.69) is 16.4 Å². The summed E-state index contributed by atoms with van der Waals surface area (Å²) in [5.41, 5.74) is 1.15. The van der Waals surface area contributed by atoms with Gasteiger partial charge in [-0.2, -0.15) is 11.8 Å². The van der Waals surface area contributed by atoms with E-state index < -0.39 is 0 Å². The van der Waals surface area contributed by atoms with E-state index in [4.69, 9.17) is 0 Å². The Bertz CT molecular complexity index is 244. The second-order valence-corrected chi connectivity index (χ2v) is 4.45. The Hall–Kier alpha value is -0.700. The molecule has 1 fully saturated rings. The van der Waals surface area contributed by atoms with Gasteiger partial charge in [0, 0.05) is 24.2 Å². The Labute approximate surface area is 83.1 Å². The van der Waals surface area contributed by atoms with E-state index >= 15 is 0 Å². The van der Waals surface area contributed by atoms with Crippen molar-refractivity contribution in [1.82, 2.24) is 4.98 Å². The van der Waals surface area contributed by atoms with Crippen LogP contribution in [0.4, 0.5) is 5.69 Å². The Morgan fingerprint density at radius 2 is 2.54 bits per heavy atom. The van der Waals surface area contributed by atoms with Gasteiger partial charge in [-0.05, 0) is 30.7 Å². The molecular formula is C10H14N2S. The lowest BCUT2D eigenvalue weighted by Crippen LogP contribution is -2.25. The number of anilines is 1. The molecule has 13 heavy (non-hydrogen) atoms. The molecule has 0 saturated carbocycles. The van der Waals surface area contributed by atoms with Crippen LogP contribution in [0.15, 0.2) is 24.5 Å². The molecule has 3 heteroatoms. The molecule has 1 aliphatic rings. The Kier molecular flexibility index (Phi) is 3.08. The lowest BCUT2D eigenvalue weighted by atomic mass is 10.2. The topological polar surface area (TPSA) is 24.9 Å². The third-order valence-corrected chi connectivity index (χ3v) is 3.41. The Balaban J connectivity index is 1.90. The monoisotopic (exact) mass is 194 g/mol. The van der Waals surface area contributed by atoms with Gasteiger partial charge in [-0.15, -0.1) is 0 Å². The number of nitrogens with zero attached hydrogens (tertiary/aromatic N) is 1. The third kappa shape index (κ3) is 2.62. The van der Waals surface area contributed by atoms with Crippen LogP contribution in [0.25, 0.3) is 0 Å². The smallest absolute Gasteiger partial charge is 0.0529 e. The van der Waals surface area contributed by atoms with Crippen LogP contribution >= 0.6 is 11.8 Å². The molecule has 0 aliphatic carbocycles. The maximum Gasteiger partial charge on any atom is 0.0529 e. The van der Waals surface area contributed by atoms with Crippen molar-refractivity contribution in [2.75, 3.05) is 16.8 Å². The average Bonchev–Trinajstić information content (AvgIpc) is 2.21. The number of hydrogen-bond donors (Lipinski definition) is 1. The van der Waals surface area contributed by atoms with Gasteiger partial charge in [-0.3, -0.25) is 4.98 Å². The molecule has 0 amide bonds. The predicted molar refractivity (Wildman–Crippen MR) is 58.2 cm³/mol. The first-order chi connectivity index (χ1) is 6.45. The molecule has 1 aliphatic heterocycles. The van der Waals surface area contributed by atoms with Crippen LogP contribution in [0.5, 0.6) is 0 Å². The first kappa shape index (κ1) is 8.88. The van der Waals surface area contributed by atoms with E-state index in [0.717, 1.165) is 5.69 Å². The molecule has 1 aromatic heterocycles. The molecule has 2 heterocycles. The average molecular weight is 194 g/mol. The molecule has 0 bridgehead atoms. The molecule has 0 spiro atoms. The number of pyridine rings is 1. The SMILES string of the molecule is c1cncc(NC2CCCSC2)c1. The van der Waals surface area contributed by atoms with Crippen LogP contribution in [-0.4, -0.2) is 22.5 Å². The van der Waals surface area contributed by atoms with E-state index in [1.54, 1.807) is 6.20 Å². The molecular weight excluding hydrogens is 180 g/mol. The van der Waals surface area contributed by atoms with Crippen LogP contribution < -0.4 is 5.32 Å².